The molecule has 3 rings (SSSR count). The van der Waals surface area contributed by atoms with Crippen LogP contribution in [0, 0.1) is 10.1 Å². The van der Waals surface area contributed by atoms with Crippen LogP contribution in [0.15, 0.2) is 41.6 Å². The van der Waals surface area contributed by atoms with Gasteiger partial charge in [-0.3, -0.25) is 19.7 Å². The van der Waals surface area contributed by atoms with E-state index in [1.807, 2.05) is 17.9 Å². The largest absolute Gasteiger partial charge is 0.362 e. The van der Waals surface area contributed by atoms with Crippen LogP contribution in [0.2, 0.25) is 0 Å². The van der Waals surface area contributed by atoms with E-state index in [0.717, 1.165) is 10.8 Å². The number of hydrogen-bond donors (Lipinski definition) is 1. The molecular formula is C20H23N5O4S. The number of pyridine rings is 1. The molecule has 2 aromatic rings. The highest BCUT2D eigenvalue weighted by Gasteiger charge is 2.26. The third kappa shape index (κ3) is 5.07. The van der Waals surface area contributed by atoms with Crippen LogP contribution >= 0.6 is 11.8 Å². The van der Waals surface area contributed by atoms with Crippen molar-refractivity contribution in [2.24, 2.45) is 0 Å². The van der Waals surface area contributed by atoms with Gasteiger partial charge in [-0.05, 0) is 30.0 Å². The van der Waals surface area contributed by atoms with Gasteiger partial charge in [-0.1, -0.05) is 6.92 Å². The fourth-order valence-corrected chi connectivity index (χ4v) is 3.82. The third-order valence-electron chi connectivity index (χ3n) is 4.79. The molecule has 0 aliphatic carbocycles. The van der Waals surface area contributed by atoms with Gasteiger partial charge in [-0.15, -0.1) is 11.8 Å². The molecule has 30 heavy (non-hydrogen) atoms. The molecule has 9 nitrogen and oxygen atoms in total. The lowest BCUT2D eigenvalue weighted by Crippen LogP contribution is -2.48. The van der Waals surface area contributed by atoms with E-state index in [-0.39, 0.29) is 17.2 Å². The zero-order valence-corrected chi connectivity index (χ0v) is 17.6. The fraction of sp³-hybridized carbons (Fsp3) is 0.350. The van der Waals surface area contributed by atoms with E-state index >= 15 is 0 Å². The van der Waals surface area contributed by atoms with Gasteiger partial charge < -0.3 is 15.1 Å². The number of carbonyl (C=O) groups is 2. The van der Waals surface area contributed by atoms with Crippen molar-refractivity contribution >= 4 is 40.6 Å². The number of carbonyl (C=O) groups excluding carboxylic acids is 2. The summed E-state index contributed by atoms with van der Waals surface area (Å²) in [6.07, 6.45) is 1.56. The Bertz CT molecular complexity index is 943. The van der Waals surface area contributed by atoms with E-state index in [9.17, 15) is 19.7 Å². The fourth-order valence-electron chi connectivity index (χ4n) is 3.23. The van der Waals surface area contributed by atoms with Crippen LogP contribution in [-0.4, -0.2) is 58.6 Å². The summed E-state index contributed by atoms with van der Waals surface area (Å²) >= 11 is 1.60. The van der Waals surface area contributed by atoms with Crippen molar-refractivity contribution in [3.05, 3.63) is 52.2 Å². The van der Waals surface area contributed by atoms with Crippen LogP contribution in [0.3, 0.4) is 0 Å². The van der Waals surface area contributed by atoms with Crippen LogP contribution < -0.4 is 10.2 Å². The first kappa shape index (κ1) is 21.6. The first-order valence-corrected chi connectivity index (χ1v) is 10.6. The van der Waals surface area contributed by atoms with Crippen LogP contribution in [0.25, 0.3) is 0 Å². The lowest BCUT2D eigenvalue weighted by atomic mass is 10.1. The minimum absolute atomic E-state index is 0.00743. The number of piperazine rings is 1. The van der Waals surface area contributed by atoms with Crippen LogP contribution in [0.1, 0.15) is 24.2 Å². The van der Waals surface area contributed by atoms with Gasteiger partial charge in [0.05, 0.1) is 21.8 Å². The zero-order valence-electron chi connectivity index (χ0n) is 16.8. The Kier molecular flexibility index (Phi) is 6.88. The van der Waals surface area contributed by atoms with Gasteiger partial charge >= 0.3 is 0 Å². The second-order valence-electron chi connectivity index (χ2n) is 6.73. The quantitative estimate of drug-likeness (QED) is 0.427. The van der Waals surface area contributed by atoms with Crippen LogP contribution in [0.4, 0.5) is 17.1 Å². The lowest BCUT2D eigenvalue weighted by Gasteiger charge is -2.35. The molecule has 1 fully saturated rings. The summed E-state index contributed by atoms with van der Waals surface area (Å²) in [7, 11) is 0. The van der Waals surface area contributed by atoms with Gasteiger partial charge in [0.25, 0.3) is 11.6 Å². The summed E-state index contributed by atoms with van der Waals surface area (Å²) in [4.78, 5) is 43.1. The smallest absolute Gasteiger partial charge is 0.293 e. The third-order valence-corrected chi connectivity index (χ3v) is 5.61. The first-order valence-electron chi connectivity index (χ1n) is 9.58. The molecule has 1 aromatic heterocycles. The number of thioether (sulfide) groups is 1. The van der Waals surface area contributed by atoms with Gasteiger partial charge in [0.2, 0.25) is 5.91 Å². The van der Waals surface area contributed by atoms with Crippen molar-refractivity contribution in [3.8, 4) is 0 Å². The van der Waals surface area contributed by atoms with Crippen molar-refractivity contribution in [1.29, 1.82) is 0 Å². The number of benzene rings is 1. The summed E-state index contributed by atoms with van der Waals surface area (Å²) in [6, 6.07) is 8.02. The number of aromatic nitrogens is 1. The highest BCUT2D eigenvalue weighted by atomic mass is 32.2. The Labute approximate surface area is 178 Å². The van der Waals surface area contributed by atoms with Crippen molar-refractivity contribution < 1.29 is 14.5 Å². The molecule has 10 heteroatoms. The van der Waals surface area contributed by atoms with Crippen LogP contribution in [-0.2, 0) is 4.79 Å². The predicted molar refractivity (Wildman–Crippen MR) is 116 cm³/mol. The van der Waals surface area contributed by atoms with Gasteiger partial charge in [0.1, 0.15) is 5.69 Å². The van der Waals surface area contributed by atoms with Crippen molar-refractivity contribution in [2.75, 3.05) is 42.1 Å². The SMILES string of the molecule is CCSc1ccc(NC(=O)c2ccc(N3CCN(C(C)=O)CC3)c([N+](=O)[O-])c2)cn1. The molecule has 0 unspecified atom stereocenters. The molecule has 158 valence electrons. The first-order chi connectivity index (χ1) is 14.4. The summed E-state index contributed by atoms with van der Waals surface area (Å²) in [5.41, 5.74) is 1.03. The molecule has 0 radical (unpaired) electrons. The van der Waals surface area contributed by atoms with E-state index in [0.29, 0.717) is 37.6 Å². The Hall–Kier alpha value is -3.14. The molecule has 0 saturated carbocycles. The maximum atomic E-state index is 12.6. The maximum Gasteiger partial charge on any atom is 0.293 e. The van der Waals surface area contributed by atoms with Gasteiger partial charge in [-0.2, -0.15) is 0 Å². The summed E-state index contributed by atoms with van der Waals surface area (Å²) in [5.74, 6) is 0.453. The minimum atomic E-state index is -0.484. The highest BCUT2D eigenvalue weighted by Crippen LogP contribution is 2.30. The Balaban J connectivity index is 1.75. The monoisotopic (exact) mass is 429 g/mol. The number of amides is 2. The van der Waals surface area contributed by atoms with E-state index in [4.69, 9.17) is 0 Å². The highest BCUT2D eigenvalue weighted by molar-refractivity contribution is 7.99. The number of nitrogens with zero attached hydrogens (tertiary/aromatic N) is 4. The van der Waals surface area contributed by atoms with E-state index < -0.39 is 10.8 Å². The van der Waals surface area contributed by atoms with Crippen LogP contribution in [0.5, 0.6) is 0 Å². The van der Waals surface area contributed by atoms with Gasteiger partial charge in [0.15, 0.2) is 0 Å². The summed E-state index contributed by atoms with van der Waals surface area (Å²) < 4.78 is 0. The molecule has 1 aliphatic heterocycles. The lowest BCUT2D eigenvalue weighted by molar-refractivity contribution is -0.384. The molecule has 1 saturated heterocycles. The number of rotatable bonds is 6. The van der Waals surface area contributed by atoms with E-state index in [2.05, 4.69) is 10.3 Å². The number of nitro benzene ring substituents is 1. The Morgan fingerprint density at radius 3 is 2.50 bits per heavy atom. The standard InChI is InChI=1S/C20H23N5O4S/c1-3-30-19-7-5-16(13-21-19)22-20(27)15-4-6-17(18(12-15)25(28)29)24-10-8-23(9-11-24)14(2)26/h4-7,12-13H,3,8-11H2,1-2H3,(H,22,27). The Morgan fingerprint density at radius 1 is 1.20 bits per heavy atom. The maximum absolute atomic E-state index is 12.6. The second-order valence-corrected chi connectivity index (χ2v) is 8.01. The molecule has 1 aliphatic rings. The summed E-state index contributed by atoms with van der Waals surface area (Å²) in [5, 5.41) is 15.2. The molecular weight excluding hydrogens is 406 g/mol. The molecule has 1 N–H and O–H groups in total. The number of nitrogens with one attached hydrogen (secondary N) is 1. The zero-order chi connectivity index (χ0) is 21.7. The minimum Gasteiger partial charge on any atom is -0.362 e. The molecule has 2 amide bonds. The van der Waals surface area contributed by atoms with Gasteiger partial charge in [-0.25, -0.2) is 4.98 Å². The molecule has 0 bridgehead atoms. The second kappa shape index (κ2) is 9.57. The van der Waals surface area contributed by atoms with Crippen molar-refractivity contribution in [3.63, 3.8) is 0 Å². The van der Waals surface area contributed by atoms with Crippen molar-refractivity contribution in [2.45, 2.75) is 18.9 Å². The van der Waals surface area contributed by atoms with Crippen molar-refractivity contribution in [1.82, 2.24) is 9.88 Å². The van der Waals surface area contributed by atoms with E-state index in [1.54, 1.807) is 41.1 Å². The molecule has 0 spiro atoms. The number of hydrogen-bond acceptors (Lipinski definition) is 7. The average molecular weight is 430 g/mol. The normalized spacial score (nSPS) is 13.8. The molecule has 1 aromatic carbocycles. The van der Waals surface area contributed by atoms with Gasteiger partial charge in [0, 0.05) is 44.7 Å². The number of anilines is 2. The Morgan fingerprint density at radius 2 is 1.93 bits per heavy atom. The molecule has 0 atom stereocenters. The average Bonchev–Trinajstić information content (AvgIpc) is 2.75. The predicted octanol–water partition coefficient (Wildman–Crippen LogP) is 3.02. The topological polar surface area (TPSA) is 109 Å². The summed E-state index contributed by atoms with van der Waals surface area (Å²) in [6.45, 7) is 5.56. The number of nitro groups is 1. The molecule has 2 heterocycles. The van der Waals surface area contributed by atoms with E-state index in [1.165, 1.54) is 13.0 Å².